The summed E-state index contributed by atoms with van der Waals surface area (Å²) in [5, 5.41) is 2.10. The lowest BCUT2D eigenvalue weighted by atomic mass is 10.1. The Morgan fingerprint density at radius 1 is 1.41 bits per heavy atom. The van der Waals surface area contributed by atoms with Crippen molar-refractivity contribution < 1.29 is 9.29 Å². The summed E-state index contributed by atoms with van der Waals surface area (Å²) in [6.07, 6.45) is 2.55. The number of halogens is 1. The predicted molar refractivity (Wildman–Crippen MR) is 71.0 cm³/mol. The molecule has 0 spiro atoms. The first-order chi connectivity index (χ1) is 8.27. The first kappa shape index (κ1) is 12.5. The Morgan fingerprint density at radius 2 is 2.24 bits per heavy atom. The number of benzene rings is 1. The Hall–Kier alpha value is -0.970. The Bertz CT molecular complexity index is 533. The van der Waals surface area contributed by atoms with Gasteiger partial charge >= 0.3 is 0 Å². The summed E-state index contributed by atoms with van der Waals surface area (Å²) >= 11 is 6.75. The van der Waals surface area contributed by atoms with Gasteiger partial charge in [0, 0.05) is 18.2 Å². The number of fused-ring (bicyclic) bond motifs is 1. The van der Waals surface area contributed by atoms with Crippen molar-refractivity contribution in [2.45, 2.75) is 18.2 Å². The fourth-order valence-electron chi connectivity index (χ4n) is 1.60. The van der Waals surface area contributed by atoms with E-state index in [1.165, 1.54) is 0 Å². The van der Waals surface area contributed by atoms with Crippen molar-refractivity contribution >= 4 is 34.4 Å². The molecule has 3 nitrogen and oxygen atoms in total. The molecule has 5 heteroatoms. The Balaban J connectivity index is 2.64. The van der Waals surface area contributed by atoms with Crippen molar-refractivity contribution in [3.05, 3.63) is 29.5 Å². The van der Waals surface area contributed by atoms with E-state index < -0.39 is 0 Å². The highest BCUT2D eigenvalue weighted by molar-refractivity contribution is 7.93. The van der Waals surface area contributed by atoms with Gasteiger partial charge in [0.2, 0.25) is 0 Å². The zero-order chi connectivity index (χ0) is 12.3. The van der Waals surface area contributed by atoms with Crippen molar-refractivity contribution in [3.63, 3.8) is 0 Å². The Labute approximate surface area is 109 Å². The molecule has 0 saturated carbocycles. The van der Waals surface area contributed by atoms with E-state index in [4.69, 9.17) is 16.3 Å². The van der Waals surface area contributed by atoms with Crippen LogP contribution in [0.5, 0.6) is 5.75 Å². The van der Waals surface area contributed by atoms with Gasteiger partial charge in [0.1, 0.15) is 10.9 Å². The molecular formula is C12H12ClNO2S. The number of nitrogens with zero attached hydrogens (tertiary/aromatic N) is 1. The summed E-state index contributed by atoms with van der Waals surface area (Å²) in [6, 6.07) is 5.57. The third kappa shape index (κ3) is 2.49. The molecule has 17 heavy (non-hydrogen) atoms. The van der Waals surface area contributed by atoms with Crippen LogP contribution in [0.25, 0.3) is 10.8 Å². The lowest BCUT2D eigenvalue weighted by molar-refractivity contribution is 0.313. The highest BCUT2D eigenvalue weighted by Crippen LogP contribution is 2.38. The molecule has 0 saturated heterocycles. The van der Waals surface area contributed by atoms with E-state index in [2.05, 4.69) is 4.98 Å². The molecule has 1 N–H and O–H groups in total. The number of pyridine rings is 1. The van der Waals surface area contributed by atoms with Crippen molar-refractivity contribution in [1.29, 1.82) is 0 Å². The van der Waals surface area contributed by atoms with Crippen molar-refractivity contribution in [1.82, 2.24) is 4.98 Å². The maximum Gasteiger partial charge on any atom is 0.146 e. The second kappa shape index (κ2) is 5.58. The van der Waals surface area contributed by atoms with Crippen LogP contribution in [0.3, 0.4) is 0 Å². The van der Waals surface area contributed by atoms with E-state index in [0.717, 1.165) is 17.2 Å². The largest absolute Gasteiger partial charge is 0.492 e. The maximum atomic E-state index is 9.24. The molecule has 2 aromatic rings. The van der Waals surface area contributed by atoms with Gasteiger partial charge in [-0.25, -0.2) is 4.98 Å². The van der Waals surface area contributed by atoms with Crippen LogP contribution in [-0.2, 0) is 0 Å². The lowest BCUT2D eigenvalue weighted by Crippen LogP contribution is -1.98. The summed E-state index contributed by atoms with van der Waals surface area (Å²) in [6.45, 7) is 2.61. The molecule has 0 amide bonds. The van der Waals surface area contributed by atoms with Crippen molar-refractivity contribution in [2.75, 3.05) is 6.61 Å². The number of ether oxygens (including phenoxy) is 1. The normalized spacial score (nSPS) is 10.8. The van der Waals surface area contributed by atoms with Gasteiger partial charge in [-0.2, -0.15) is 0 Å². The lowest BCUT2D eigenvalue weighted by Gasteiger charge is -2.12. The van der Waals surface area contributed by atoms with Crippen LogP contribution in [0.15, 0.2) is 29.3 Å². The zero-order valence-electron chi connectivity index (χ0n) is 9.31. The van der Waals surface area contributed by atoms with Gasteiger partial charge < -0.3 is 9.29 Å². The fourth-order valence-corrected chi connectivity index (χ4v) is 2.22. The average molecular weight is 270 g/mol. The van der Waals surface area contributed by atoms with E-state index in [1.807, 2.05) is 25.1 Å². The fraction of sp³-hybridized carbons (Fsp3) is 0.250. The van der Waals surface area contributed by atoms with Crippen LogP contribution in [0, 0.1) is 0 Å². The monoisotopic (exact) mass is 269 g/mol. The molecule has 2 rings (SSSR count). The predicted octanol–water partition coefficient (Wildman–Crippen LogP) is 4.24. The second-order valence-electron chi connectivity index (χ2n) is 3.53. The minimum Gasteiger partial charge on any atom is -0.492 e. The number of hydrogen-bond donors (Lipinski definition) is 1. The van der Waals surface area contributed by atoms with E-state index in [0.29, 0.717) is 34.4 Å². The molecule has 0 aliphatic heterocycles. The van der Waals surface area contributed by atoms with E-state index in [-0.39, 0.29) is 0 Å². The van der Waals surface area contributed by atoms with Gasteiger partial charge in [-0.3, -0.25) is 0 Å². The smallest absolute Gasteiger partial charge is 0.146 e. The van der Waals surface area contributed by atoms with Crippen molar-refractivity contribution in [3.8, 4) is 5.75 Å². The van der Waals surface area contributed by atoms with Gasteiger partial charge in [-0.1, -0.05) is 24.6 Å². The highest BCUT2D eigenvalue weighted by Gasteiger charge is 2.12. The Kier molecular flexibility index (Phi) is 4.10. The van der Waals surface area contributed by atoms with Gasteiger partial charge in [-0.15, -0.1) is 0 Å². The molecule has 0 bridgehead atoms. The zero-order valence-corrected chi connectivity index (χ0v) is 10.9. The van der Waals surface area contributed by atoms with Crippen LogP contribution in [0.1, 0.15) is 13.3 Å². The second-order valence-corrected chi connectivity index (χ2v) is 4.51. The topological polar surface area (TPSA) is 42.4 Å². The third-order valence-corrected chi connectivity index (χ3v) is 3.16. The van der Waals surface area contributed by atoms with Crippen LogP contribution in [0.4, 0.5) is 0 Å². The van der Waals surface area contributed by atoms with Gasteiger partial charge in [-0.05, 0) is 23.9 Å². The SMILES string of the molecule is CCCOc1c(SO)ccc2ccnc(Cl)c12. The molecule has 1 aromatic carbocycles. The van der Waals surface area contributed by atoms with E-state index in [9.17, 15) is 4.55 Å². The number of rotatable bonds is 4. The molecule has 0 unspecified atom stereocenters. The Morgan fingerprint density at radius 3 is 2.94 bits per heavy atom. The summed E-state index contributed by atoms with van der Waals surface area (Å²) in [4.78, 5) is 4.70. The summed E-state index contributed by atoms with van der Waals surface area (Å²) in [5.74, 6) is 0.606. The van der Waals surface area contributed by atoms with Gasteiger partial charge in [0.25, 0.3) is 0 Å². The molecule has 1 aromatic heterocycles. The summed E-state index contributed by atoms with van der Waals surface area (Å²) < 4.78 is 14.9. The molecule has 0 fully saturated rings. The third-order valence-electron chi connectivity index (χ3n) is 2.35. The van der Waals surface area contributed by atoms with Crippen LogP contribution in [-0.4, -0.2) is 16.1 Å². The van der Waals surface area contributed by atoms with Gasteiger partial charge in [0.15, 0.2) is 0 Å². The average Bonchev–Trinajstić information content (AvgIpc) is 2.36. The number of hydrogen-bond acceptors (Lipinski definition) is 4. The van der Waals surface area contributed by atoms with Gasteiger partial charge in [0.05, 0.1) is 16.9 Å². The summed E-state index contributed by atoms with van der Waals surface area (Å²) in [5.41, 5.74) is 0. The van der Waals surface area contributed by atoms with Crippen LogP contribution < -0.4 is 4.74 Å². The van der Waals surface area contributed by atoms with Crippen LogP contribution >= 0.6 is 23.6 Å². The number of aromatic nitrogens is 1. The maximum absolute atomic E-state index is 9.24. The van der Waals surface area contributed by atoms with Crippen LogP contribution in [0.2, 0.25) is 5.15 Å². The standard InChI is InChI=1S/C12H12ClNO2S/c1-2-7-16-11-9(17-15)4-3-8-5-6-14-12(13)10(8)11/h3-6,15H,2,7H2,1H3. The first-order valence-electron chi connectivity index (χ1n) is 5.29. The molecule has 0 atom stereocenters. The van der Waals surface area contributed by atoms with E-state index in [1.54, 1.807) is 6.20 Å². The quantitative estimate of drug-likeness (QED) is 0.666. The van der Waals surface area contributed by atoms with E-state index >= 15 is 0 Å². The minimum atomic E-state index is 0.393. The molecule has 0 radical (unpaired) electrons. The van der Waals surface area contributed by atoms with Crippen molar-refractivity contribution in [2.24, 2.45) is 0 Å². The molecule has 90 valence electrons. The minimum absolute atomic E-state index is 0.393. The molecule has 0 aliphatic rings. The highest BCUT2D eigenvalue weighted by atomic mass is 35.5. The molecular weight excluding hydrogens is 258 g/mol. The molecule has 0 aliphatic carbocycles. The molecule has 1 heterocycles. The first-order valence-corrected chi connectivity index (χ1v) is 6.44. The summed E-state index contributed by atoms with van der Waals surface area (Å²) in [7, 11) is 0.